The Balaban J connectivity index is 1.83. The van der Waals surface area contributed by atoms with Gasteiger partial charge in [0.05, 0.1) is 5.75 Å². The van der Waals surface area contributed by atoms with Crippen molar-refractivity contribution in [3.8, 4) is 0 Å². The lowest BCUT2D eigenvalue weighted by Crippen LogP contribution is -2.35. The minimum atomic E-state index is -0.258. The fourth-order valence-electron chi connectivity index (χ4n) is 1.89. The summed E-state index contributed by atoms with van der Waals surface area (Å²) in [6, 6.07) is 6.36. The first-order chi connectivity index (χ1) is 8.75. The predicted octanol–water partition coefficient (Wildman–Crippen LogP) is 1.74. The predicted molar refractivity (Wildman–Crippen MR) is 71.2 cm³/mol. The number of nitrogens with one attached hydrogen (secondary N) is 1. The highest BCUT2D eigenvalue weighted by molar-refractivity contribution is 8.00. The van der Waals surface area contributed by atoms with Gasteiger partial charge in [-0.05, 0) is 31.2 Å². The van der Waals surface area contributed by atoms with Gasteiger partial charge in [0.15, 0.2) is 0 Å². The molecule has 0 unspecified atom stereocenters. The van der Waals surface area contributed by atoms with Crippen molar-refractivity contribution in [2.75, 3.05) is 31.9 Å². The first-order valence-corrected chi connectivity index (χ1v) is 7.11. The SMILES string of the molecule is O=C(CSc1cccc(F)c1)N1CCCNCC1. The highest BCUT2D eigenvalue weighted by Crippen LogP contribution is 2.19. The Hall–Kier alpha value is -1.07. The van der Waals surface area contributed by atoms with Crippen molar-refractivity contribution in [3.05, 3.63) is 30.1 Å². The molecule has 1 aliphatic heterocycles. The number of hydrogen-bond donors (Lipinski definition) is 1. The Morgan fingerprint density at radius 1 is 1.39 bits per heavy atom. The molecule has 1 aromatic rings. The Morgan fingerprint density at radius 3 is 3.11 bits per heavy atom. The summed E-state index contributed by atoms with van der Waals surface area (Å²) in [4.78, 5) is 14.7. The number of carbonyl (C=O) groups is 1. The molecule has 1 aliphatic rings. The number of thioether (sulfide) groups is 1. The molecule has 1 heterocycles. The maximum atomic E-state index is 13.0. The first kappa shape index (κ1) is 13.4. The van der Waals surface area contributed by atoms with Crippen molar-refractivity contribution < 1.29 is 9.18 Å². The van der Waals surface area contributed by atoms with Crippen LogP contribution in [0, 0.1) is 5.82 Å². The minimum absolute atomic E-state index is 0.132. The normalized spacial score (nSPS) is 16.4. The van der Waals surface area contributed by atoms with Gasteiger partial charge in [-0.15, -0.1) is 11.8 Å². The fraction of sp³-hybridized carbons (Fsp3) is 0.462. The van der Waals surface area contributed by atoms with Crippen molar-refractivity contribution in [1.82, 2.24) is 10.2 Å². The van der Waals surface area contributed by atoms with Crippen LogP contribution in [0.1, 0.15) is 6.42 Å². The minimum Gasteiger partial charge on any atom is -0.341 e. The topological polar surface area (TPSA) is 32.3 Å². The van der Waals surface area contributed by atoms with Gasteiger partial charge in [-0.1, -0.05) is 6.07 Å². The molecule has 1 fully saturated rings. The van der Waals surface area contributed by atoms with Gasteiger partial charge in [0.25, 0.3) is 0 Å². The molecule has 1 saturated heterocycles. The monoisotopic (exact) mass is 268 g/mol. The van der Waals surface area contributed by atoms with Crippen LogP contribution in [0.3, 0.4) is 0 Å². The second-order valence-electron chi connectivity index (χ2n) is 4.23. The van der Waals surface area contributed by atoms with E-state index in [0.29, 0.717) is 5.75 Å². The zero-order valence-corrected chi connectivity index (χ0v) is 11.0. The van der Waals surface area contributed by atoms with Crippen LogP contribution >= 0.6 is 11.8 Å². The molecular weight excluding hydrogens is 251 g/mol. The molecule has 0 aliphatic carbocycles. The van der Waals surface area contributed by atoms with Crippen LogP contribution in [0.4, 0.5) is 4.39 Å². The molecule has 0 bridgehead atoms. The van der Waals surface area contributed by atoms with Gasteiger partial charge < -0.3 is 10.2 Å². The fourth-order valence-corrected chi connectivity index (χ4v) is 2.73. The van der Waals surface area contributed by atoms with Crippen molar-refractivity contribution in [2.24, 2.45) is 0 Å². The van der Waals surface area contributed by atoms with Gasteiger partial charge >= 0.3 is 0 Å². The largest absolute Gasteiger partial charge is 0.341 e. The quantitative estimate of drug-likeness (QED) is 0.848. The van der Waals surface area contributed by atoms with Crippen molar-refractivity contribution >= 4 is 17.7 Å². The second-order valence-corrected chi connectivity index (χ2v) is 5.28. The number of benzene rings is 1. The second kappa shape index (κ2) is 6.75. The number of hydrogen-bond acceptors (Lipinski definition) is 3. The number of nitrogens with zero attached hydrogens (tertiary/aromatic N) is 1. The third-order valence-corrected chi connectivity index (χ3v) is 3.83. The van der Waals surface area contributed by atoms with E-state index in [1.165, 1.54) is 23.9 Å². The van der Waals surface area contributed by atoms with Gasteiger partial charge in [0.1, 0.15) is 5.82 Å². The van der Waals surface area contributed by atoms with Crippen LogP contribution in [0.5, 0.6) is 0 Å². The van der Waals surface area contributed by atoms with E-state index in [1.54, 1.807) is 6.07 Å². The molecule has 1 amide bonds. The lowest BCUT2D eigenvalue weighted by atomic mass is 10.3. The van der Waals surface area contributed by atoms with Crippen LogP contribution in [0.25, 0.3) is 0 Å². The smallest absolute Gasteiger partial charge is 0.232 e. The summed E-state index contributed by atoms with van der Waals surface area (Å²) in [7, 11) is 0. The lowest BCUT2D eigenvalue weighted by molar-refractivity contribution is -0.128. The molecule has 0 atom stereocenters. The molecule has 0 aromatic heterocycles. The van der Waals surface area contributed by atoms with E-state index in [1.807, 2.05) is 11.0 Å². The standard InChI is InChI=1S/C13H17FN2OS/c14-11-3-1-4-12(9-11)18-10-13(17)16-7-2-5-15-6-8-16/h1,3-4,9,15H,2,5-8,10H2. The molecule has 5 heteroatoms. The van der Waals surface area contributed by atoms with Crippen molar-refractivity contribution in [2.45, 2.75) is 11.3 Å². The van der Waals surface area contributed by atoms with E-state index in [-0.39, 0.29) is 11.7 Å². The van der Waals surface area contributed by atoms with Gasteiger partial charge in [0, 0.05) is 24.5 Å². The summed E-state index contributed by atoms with van der Waals surface area (Å²) >= 11 is 1.39. The first-order valence-electron chi connectivity index (χ1n) is 6.12. The van der Waals surface area contributed by atoms with Crippen LogP contribution in [0.15, 0.2) is 29.2 Å². The Bertz CT molecular complexity index is 406. The molecule has 0 saturated carbocycles. The summed E-state index contributed by atoms with van der Waals surface area (Å²) in [5.74, 6) is 0.253. The van der Waals surface area contributed by atoms with Crippen molar-refractivity contribution in [1.29, 1.82) is 0 Å². The van der Waals surface area contributed by atoms with Gasteiger partial charge in [-0.3, -0.25) is 4.79 Å². The van der Waals surface area contributed by atoms with E-state index in [9.17, 15) is 9.18 Å². The maximum absolute atomic E-state index is 13.0. The number of amides is 1. The van der Waals surface area contributed by atoms with Gasteiger partial charge in [0.2, 0.25) is 5.91 Å². The Kier molecular flexibility index (Phi) is 5.01. The molecule has 1 N–H and O–H groups in total. The lowest BCUT2D eigenvalue weighted by Gasteiger charge is -2.19. The summed E-state index contributed by atoms with van der Waals surface area (Å²) < 4.78 is 13.0. The van der Waals surface area contributed by atoms with E-state index in [4.69, 9.17) is 0 Å². The average molecular weight is 268 g/mol. The third kappa shape index (κ3) is 3.99. The molecule has 18 heavy (non-hydrogen) atoms. The highest BCUT2D eigenvalue weighted by atomic mass is 32.2. The summed E-state index contributed by atoms with van der Waals surface area (Å²) in [6.07, 6.45) is 0.996. The van der Waals surface area contributed by atoms with Crippen LogP contribution < -0.4 is 5.32 Å². The van der Waals surface area contributed by atoms with E-state index in [0.717, 1.165) is 37.5 Å². The molecular formula is C13H17FN2OS. The van der Waals surface area contributed by atoms with Gasteiger partial charge in [-0.2, -0.15) is 0 Å². The van der Waals surface area contributed by atoms with Crippen LogP contribution in [0.2, 0.25) is 0 Å². The molecule has 3 nitrogen and oxygen atoms in total. The average Bonchev–Trinajstić information content (AvgIpc) is 2.65. The Morgan fingerprint density at radius 2 is 2.28 bits per heavy atom. The Labute approximate surface area is 111 Å². The number of halogens is 1. The van der Waals surface area contributed by atoms with Crippen LogP contribution in [-0.4, -0.2) is 42.7 Å². The van der Waals surface area contributed by atoms with E-state index >= 15 is 0 Å². The highest BCUT2D eigenvalue weighted by Gasteiger charge is 2.15. The molecule has 0 spiro atoms. The molecule has 0 radical (unpaired) electrons. The molecule has 2 rings (SSSR count). The zero-order chi connectivity index (χ0) is 12.8. The van der Waals surface area contributed by atoms with Crippen LogP contribution in [-0.2, 0) is 4.79 Å². The third-order valence-electron chi connectivity index (χ3n) is 2.85. The summed E-state index contributed by atoms with van der Waals surface area (Å²) in [5, 5.41) is 3.26. The number of rotatable bonds is 3. The molecule has 98 valence electrons. The maximum Gasteiger partial charge on any atom is 0.232 e. The van der Waals surface area contributed by atoms with E-state index < -0.39 is 0 Å². The van der Waals surface area contributed by atoms with Crippen molar-refractivity contribution in [3.63, 3.8) is 0 Å². The summed E-state index contributed by atoms with van der Waals surface area (Å²) in [6.45, 7) is 3.41. The summed E-state index contributed by atoms with van der Waals surface area (Å²) in [5.41, 5.74) is 0. The van der Waals surface area contributed by atoms with E-state index in [2.05, 4.69) is 5.32 Å². The zero-order valence-electron chi connectivity index (χ0n) is 10.2. The van der Waals surface area contributed by atoms with Gasteiger partial charge in [-0.25, -0.2) is 4.39 Å². The molecule has 1 aromatic carbocycles. The number of carbonyl (C=O) groups excluding carboxylic acids is 1.